The second kappa shape index (κ2) is 6.68. The molecule has 0 unspecified atom stereocenters. The van der Waals surface area contributed by atoms with Crippen LogP contribution in [0, 0.1) is 0 Å². The Bertz CT molecular complexity index is 474. The lowest BCUT2D eigenvalue weighted by Gasteiger charge is -2.19. The van der Waals surface area contributed by atoms with Gasteiger partial charge in [-0.25, -0.2) is 0 Å². The number of carbonyl (C=O) groups excluding carboxylic acids is 1. The Morgan fingerprint density at radius 1 is 1.00 bits per heavy atom. The summed E-state index contributed by atoms with van der Waals surface area (Å²) in [5.74, 6) is -1.26. The predicted octanol–water partition coefficient (Wildman–Crippen LogP) is 1.05. The number of benzene rings is 2. The number of hydroxylamine groups is 1. The molecule has 0 bridgehead atoms. The third-order valence-electron chi connectivity index (χ3n) is 2.66. The smallest absolute Gasteiger partial charge is 0.108 e. The highest BCUT2D eigenvalue weighted by atomic mass is 16.7. The summed E-state index contributed by atoms with van der Waals surface area (Å²) in [6.45, 7) is -0.490. The Labute approximate surface area is 111 Å². The summed E-state index contributed by atoms with van der Waals surface area (Å²) in [4.78, 5) is 15.3. The average molecular weight is 256 g/mol. The standard InChI is InChI=1S/C15H15NO3/c17-14(18)11-19-16-15(12-7-3-1-4-8-12)13-9-5-2-6-10-13/h1-10,15-16H,11H2,(H,17,18)/p-1. The molecule has 98 valence electrons. The highest BCUT2D eigenvalue weighted by Crippen LogP contribution is 2.21. The fourth-order valence-electron chi connectivity index (χ4n) is 1.80. The first-order chi connectivity index (χ1) is 9.27. The van der Waals surface area contributed by atoms with Gasteiger partial charge in [-0.05, 0) is 11.1 Å². The summed E-state index contributed by atoms with van der Waals surface area (Å²) in [5.41, 5.74) is 4.75. The van der Waals surface area contributed by atoms with Crippen LogP contribution in [0.25, 0.3) is 0 Å². The Morgan fingerprint density at radius 2 is 1.47 bits per heavy atom. The molecule has 0 fully saturated rings. The van der Waals surface area contributed by atoms with Crippen LogP contribution in [0.3, 0.4) is 0 Å². The second-order valence-corrected chi connectivity index (χ2v) is 4.03. The molecule has 0 aliphatic heterocycles. The summed E-state index contributed by atoms with van der Waals surface area (Å²) in [7, 11) is 0. The summed E-state index contributed by atoms with van der Waals surface area (Å²) in [6, 6.07) is 19.1. The summed E-state index contributed by atoms with van der Waals surface area (Å²) in [6.07, 6.45) is 0. The minimum Gasteiger partial charge on any atom is -0.548 e. The second-order valence-electron chi connectivity index (χ2n) is 4.03. The van der Waals surface area contributed by atoms with Gasteiger partial charge in [0.2, 0.25) is 0 Å². The number of rotatable bonds is 6. The minimum absolute atomic E-state index is 0.221. The lowest BCUT2D eigenvalue weighted by Crippen LogP contribution is -2.32. The molecule has 0 aliphatic carbocycles. The van der Waals surface area contributed by atoms with Crippen LogP contribution in [0.4, 0.5) is 0 Å². The van der Waals surface area contributed by atoms with Crippen LogP contribution in [-0.2, 0) is 9.63 Å². The molecule has 2 aromatic carbocycles. The van der Waals surface area contributed by atoms with Crippen LogP contribution in [0.15, 0.2) is 60.7 Å². The zero-order valence-electron chi connectivity index (χ0n) is 10.3. The fourth-order valence-corrected chi connectivity index (χ4v) is 1.80. The summed E-state index contributed by atoms with van der Waals surface area (Å²) < 4.78 is 0. The van der Waals surface area contributed by atoms with Gasteiger partial charge < -0.3 is 9.90 Å². The first kappa shape index (κ1) is 13.3. The molecule has 0 atom stereocenters. The van der Waals surface area contributed by atoms with Crippen molar-refractivity contribution >= 4 is 5.97 Å². The molecular weight excluding hydrogens is 242 g/mol. The Hall–Kier alpha value is -2.17. The molecule has 0 aliphatic rings. The molecule has 0 heterocycles. The van der Waals surface area contributed by atoms with Crippen molar-refractivity contribution < 1.29 is 14.7 Å². The Kier molecular flexibility index (Phi) is 4.66. The number of carbonyl (C=O) groups is 1. The van der Waals surface area contributed by atoms with Crippen LogP contribution < -0.4 is 10.6 Å². The van der Waals surface area contributed by atoms with Gasteiger partial charge in [0.25, 0.3) is 0 Å². The lowest BCUT2D eigenvalue weighted by molar-refractivity contribution is -0.311. The maximum Gasteiger partial charge on any atom is 0.108 e. The highest BCUT2D eigenvalue weighted by Gasteiger charge is 2.13. The van der Waals surface area contributed by atoms with Crippen LogP contribution in [0.1, 0.15) is 17.2 Å². The lowest BCUT2D eigenvalue weighted by atomic mass is 10.00. The van der Waals surface area contributed by atoms with Gasteiger partial charge in [-0.15, -0.1) is 0 Å². The third-order valence-corrected chi connectivity index (χ3v) is 2.66. The van der Waals surface area contributed by atoms with Crippen molar-refractivity contribution in [2.24, 2.45) is 0 Å². The Morgan fingerprint density at radius 3 is 1.89 bits per heavy atom. The maximum absolute atomic E-state index is 10.4. The van der Waals surface area contributed by atoms with Crippen LogP contribution >= 0.6 is 0 Å². The van der Waals surface area contributed by atoms with Crippen molar-refractivity contribution in [3.8, 4) is 0 Å². The molecule has 4 nitrogen and oxygen atoms in total. The third kappa shape index (κ3) is 3.91. The average Bonchev–Trinajstić information content (AvgIpc) is 2.45. The number of hydrogen-bond donors (Lipinski definition) is 1. The molecular formula is C15H14NO3-. The maximum atomic E-state index is 10.4. The fraction of sp³-hybridized carbons (Fsp3) is 0.133. The number of hydrogen-bond acceptors (Lipinski definition) is 4. The molecule has 2 aromatic rings. The van der Waals surface area contributed by atoms with Crippen molar-refractivity contribution in [3.63, 3.8) is 0 Å². The van der Waals surface area contributed by atoms with Crippen LogP contribution in [0.2, 0.25) is 0 Å². The largest absolute Gasteiger partial charge is 0.548 e. The monoisotopic (exact) mass is 256 g/mol. The number of aliphatic carboxylic acids is 1. The van der Waals surface area contributed by atoms with E-state index in [0.29, 0.717) is 0 Å². The van der Waals surface area contributed by atoms with Crippen molar-refractivity contribution in [3.05, 3.63) is 71.8 Å². The zero-order chi connectivity index (χ0) is 13.5. The van der Waals surface area contributed by atoms with E-state index in [4.69, 9.17) is 4.84 Å². The molecule has 0 aromatic heterocycles. The van der Waals surface area contributed by atoms with E-state index in [0.717, 1.165) is 11.1 Å². The highest BCUT2D eigenvalue weighted by molar-refractivity contribution is 5.65. The first-order valence-corrected chi connectivity index (χ1v) is 5.94. The normalized spacial score (nSPS) is 10.6. The van der Waals surface area contributed by atoms with Crippen molar-refractivity contribution in [1.82, 2.24) is 5.48 Å². The van der Waals surface area contributed by atoms with E-state index < -0.39 is 12.6 Å². The van der Waals surface area contributed by atoms with Gasteiger partial charge in [0.15, 0.2) is 0 Å². The van der Waals surface area contributed by atoms with E-state index in [9.17, 15) is 9.90 Å². The van der Waals surface area contributed by atoms with Gasteiger partial charge in [-0.3, -0.25) is 4.84 Å². The van der Waals surface area contributed by atoms with Gasteiger partial charge in [0.05, 0.1) is 12.0 Å². The summed E-state index contributed by atoms with van der Waals surface area (Å²) >= 11 is 0. The van der Waals surface area contributed by atoms with Crippen molar-refractivity contribution in [2.45, 2.75) is 6.04 Å². The molecule has 19 heavy (non-hydrogen) atoms. The molecule has 0 radical (unpaired) electrons. The van der Waals surface area contributed by atoms with E-state index in [1.54, 1.807) is 0 Å². The van der Waals surface area contributed by atoms with Gasteiger partial charge in [0, 0.05) is 0 Å². The van der Waals surface area contributed by atoms with E-state index in [1.807, 2.05) is 60.7 Å². The molecule has 0 saturated carbocycles. The van der Waals surface area contributed by atoms with E-state index in [1.165, 1.54) is 0 Å². The van der Waals surface area contributed by atoms with Crippen molar-refractivity contribution in [2.75, 3.05) is 6.61 Å². The van der Waals surface area contributed by atoms with Gasteiger partial charge in [-0.2, -0.15) is 5.48 Å². The van der Waals surface area contributed by atoms with Gasteiger partial charge in [-0.1, -0.05) is 60.7 Å². The van der Waals surface area contributed by atoms with E-state index in [2.05, 4.69) is 5.48 Å². The molecule has 0 saturated heterocycles. The SMILES string of the molecule is O=C([O-])CONC(c1ccccc1)c1ccccc1. The number of carboxylic acid groups (broad SMARTS) is 1. The number of nitrogens with one attached hydrogen (secondary N) is 1. The van der Waals surface area contributed by atoms with Gasteiger partial charge in [0.1, 0.15) is 6.61 Å². The Balaban J connectivity index is 2.17. The molecule has 2 rings (SSSR count). The quantitative estimate of drug-likeness (QED) is 0.785. The van der Waals surface area contributed by atoms with Gasteiger partial charge >= 0.3 is 0 Å². The molecule has 1 N–H and O–H groups in total. The minimum atomic E-state index is -1.26. The summed E-state index contributed by atoms with van der Waals surface area (Å²) in [5, 5.41) is 10.4. The first-order valence-electron chi connectivity index (χ1n) is 5.94. The molecule has 0 amide bonds. The van der Waals surface area contributed by atoms with Crippen molar-refractivity contribution in [1.29, 1.82) is 0 Å². The topological polar surface area (TPSA) is 61.4 Å². The van der Waals surface area contributed by atoms with E-state index in [-0.39, 0.29) is 6.04 Å². The zero-order valence-corrected chi connectivity index (χ0v) is 10.3. The van der Waals surface area contributed by atoms with Crippen LogP contribution in [0.5, 0.6) is 0 Å². The molecule has 0 spiro atoms. The number of carboxylic acids is 1. The van der Waals surface area contributed by atoms with E-state index >= 15 is 0 Å². The predicted molar refractivity (Wildman–Crippen MR) is 68.8 cm³/mol. The molecule has 4 heteroatoms. The van der Waals surface area contributed by atoms with Crippen LogP contribution in [-0.4, -0.2) is 12.6 Å².